The highest BCUT2D eigenvalue weighted by Gasteiger charge is 1.92. The first-order chi connectivity index (χ1) is 5.31. The summed E-state index contributed by atoms with van der Waals surface area (Å²) in [6, 6.07) is 0. The van der Waals surface area contributed by atoms with Gasteiger partial charge in [-0.05, 0) is 7.05 Å². The van der Waals surface area contributed by atoms with Crippen molar-refractivity contribution in [2.75, 3.05) is 40.3 Å². The molecule has 66 valence electrons. The number of aliphatic imine (C=N–C) groups is 1. The molecule has 0 amide bonds. The van der Waals surface area contributed by atoms with Crippen LogP contribution in [0, 0.1) is 0 Å². The maximum absolute atomic E-state index is 5.36. The summed E-state index contributed by atoms with van der Waals surface area (Å²) >= 11 is 0. The predicted molar refractivity (Wildman–Crippen MR) is 46.9 cm³/mol. The smallest absolute Gasteiger partial charge is 0.169 e. The zero-order valence-corrected chi connectivity index (χ0v) is 7.29. The Bertz CT molecular complexity index is 106. The van der Waals surface area contributed by atoms with Crippen LogP contribution in [-0.2, 0) is 4.74 Å². The molecule has 0 heterocycles. The van der Waals surface area contributed by atoms with Crippen LogP contribution in [0.4, 0.5) is 0 Å². The Balaban J connectivity index is 3.16. The number of methoxy groups -OCH3 is 1. The van der Waals surface area contributed by atoms with Crippen molar-refractivity contribution in [3.63, 3.8) is 0 Å². The molecule has 0 aromatic heterocycles. The van der Waals surface area contributed by atoms with Crippen LogP contribution in [0.25, 0.3) is 0 Å². The highest BCUT2D eigenvalue weighted by atomic mass is 16.5. The van der Waals surface area contributed by atoms with Crippen LogP contribution in [0.2, 0.25) is 0 Å². The zero-order valence-electron chi connectivity index (χ0n) is 7.29. The molecule has 0 atom stereocenters. The molecule has 0 saturated heterocycles. The summed E-state index contributed by atoms with van der Waals surface area (Å²) in [5, 5.41) is 0. The molecule has 0 fully saturated rings. The average molecular weight is 159 g/mol. The molecule has 0 radical (unpaired) electrons. The van der Waals surface area contributed by atoms with Gasteiger partial charge < -0.3 is 15.4 Å². The second kappa shape index (κ2) is 7.50. The Hall–Kier alpha value is -0.610. The van der Waals surface area contributed by atoms with Gasteiger partial charge in [0.05, 0.1) is 13.7 Å². The highest BCUT2D eigenvalue weighted by molar-refractivity contribution is 5.45. The molecule has 11 heavy (non-hydrogen) atoms. The summed E-state index contributed by atoms with van der Waals surface area (Å²) in [6.45, 7) is 3.31. The number of likely N-dealkylation sites (N-methyl/N-ethyl adjacent to an activating group) is 1. The van der Waals surface area contributed by atoms with Gasteiger partial charge in [0.15, 0.2) is 6.40 Å². The van der Waals surface area contributed by atoms with Crippen LogP contribution in [0.1, 0.15) is 0 Å². The minimum atomic E-state index is 0.699. The van der Waals surface area contributed by atoms with Crippen molar-refractivity contribution in [2.24, 2.45) is 10.7 Å². The first-order valence-corrected chi connectivity index (χ1v) is 3.71. The van der Waals surface area contributed by atoms with Crippen molar-refractivity contribution < 1.29 is 4.74 Å². The third kappa shape index (κ3) is 7.29. The van der Waals surface area contributed by atoms with E-state index in [1.54, 1.807) is 7.11 Å². The second-order valence-electron chi connectivity index (χ2n) is 2.34. The van der Waals surface area contributed by atoms with Crippen LogP contribution < -0.4 is 5.73 Å². The Morgan fingerprint density at radius 3 is 2.82 bits per heavy atom. The molecule has 2 N–H and O–H groups in total. The van der Waals surface area contributed by atoms with Crippen molar-refractivity contribution in [3.8, 4) is 0 Å². The lowest BCUT2D eigenvalue weighted by molar-refractivity contribution is 0.351. The molecule has 0 spiro atoms. The van der Waals surface area contributed by atoms with Crippen molar-refractivity contribution in [1.29, 1.82) is 0 Å². The summed E-state index contributed by atoms with van der Waals surface area (Å²) in [7, 11) is 3.61. The second-order valence-corrected chi connectivity index (χ2v) is 2.34. The summed E-state index contributed by atoms with van der Waals surface area (Å²) in [5.74, 6) is 0. The average Bonchev–Trinajstić information content (AvgIpc) is 1.99. The van der Waals surface area contributed by atoms with Gasteiger partial charge in [-0.2, -0.15) is 0 Å². The summed E-state index contributed by atoms with van der Waals surface area (Å²) in [6.07, 6.45) is 1.45. The standard InChI is InChI=1S/C7H17N3O/c1-10(5-3-8)6-4-9-7-11-2/h7H,3-6,8H2,1-2H3/b9-7-. The lowest BCUT2D eigenvalue weighted by Gasteiger charge is -2.12. The minimum Gasteiger partial charge on any atom is -0.487 e. The monoisotopic (exact) mass is 159 g/mol. The summed E-state index contributed by atoms with van der Waals surface area (Å²) in [5.41, 5.74) is 5.36. The number of nitrogens with zero attached hydrogens (tertiary/aromatic N) is 2. The van der Waals surface area contributed by atoms with Gasteiger partial charge in [-0.15, -0.1) is 0 Å². The van der Waals surface area contributed by atoms with E-state index in [4.69, 9.17) is 5.73 Å². The molecule has 0 saturated carbocycles. The van der Waals surface area contributed by atoms with E-state index in [9.17, 15) is 0 Å². The van der Waals surface area contributed by atoms with Gasteiger partial charge in [0.2, 0.25) is 0 Å². The van der Waals surface area contributed by atoms with Crippen molar-refractivity contribution >= 4 is 6.40 Å². The molecule has 4 heteroatoms. The van der Waals surface area contributed by atoms with Gasteiger partial charge in [0.1, 0.15) is 0 Å². The zero-order chi connectivity index (χ0) is 8.53. The third-order valence-electron chi connectivity index (χ3n) is 1.30. The Kier molecular flexibility index (Phi) is 7.08. The molecule has 0 unspecified atom stereocenters. The van der Waals surface area contributed by atoms with Crippen molar-refractivity contribution in [3.05, 3.63) is 0 Å². The fourth-order valence-electron chi connectivity index (χ4n) is 0.688. The van der Waals surface area contributed by atoms with E-state index in [0.717, 1.165) is 19.6 Å². The number of ether oxygens (including phenoxy) is 1. The fraction of sp³-hybridized carbons (Fsp3) is 0.857. The normalized spacial score (nSPS) is 11.3. The lowest BCUT2D eigenvalue weighted by Crippen LogP contribution is -2.27. The van der Waals surface area contributed by atoms with Gasteiger partial charge in [-0.25, -0.2) is 0 Å². The maximum Gasteiger partial charge on any atom is 0.169 e. The van der Waals surface area contributed by atoms with E-state index in [0.29, 0.717) is 6.54 Å². The van der Waals surface area contributed by atoms with Crippen LogP contribution >= 0.6 is 0 Å². The Morgan fingerprint density at radius 2 is 2.27 bits per heavy atom. The first kappa shape index (κ1) is 10.4. The quantitative estimate of drug-likeness (QED) is 0.422. The molecule has 4 nitrogen and oxygen atoms in total. The number of hydrogen-bond acceptors (Lipinski definition) is 4. The number of hydrogen-bond donors (Lipinski definition) is 1. The van der Waals surface area contributed by atoms with Crippen LogP contribution in [0.3, 0.4) is 0 Å². The van der Waals surface area contributed by atoms with Gasteiger partial charge in [0.25, 0.3) is 0 Å². The molecule has 0 rings (SSSR count). The number of rotatable bonds is 6. The van der Waals surface area contributed by atoms with E-state index >= 15 is 0 Å². The Labute approximate surface area is 68.0 Å². The van der Waals surface area contributed by atoms with E-state index in [1.807, 2.05) is 7.05 Å². The third-order valence-corrected chi connectivity index (χ3v) is 1.30. The van der Waals surface area contributed by atoms with Gasteiger partial charge in [-0.1, -0.05) is 0 Å². The minimum absolute atomic E-state index is 0.699. The van der Waals surface area contributed by atoms with Gasteiger partial charge in [0, 0.05) is 19.6 Å². The Morgan fingerprint density at radius 1 is 1.55 bits per heavy atom. The van der Waals surface area contributed by atoms with Crippen molar-refractivity contribution in [1.82, 2.24) is 4.90 Å². The summed E-state index contributed by atoms with van der Waals surface area (Å²) in [4.78, 5) is 6.11. The van der Waals surface area contributed by atoms with Gasteiger partial charge >= 0.3 is 0 Å². The largest absolute Gasteiger partial charge is 0.487 e. The molecule has 0 aromatic rings. The molecule has 0 bridgehead atoms. The van der Waals surface area contributed by atoms with Crippen LogP contribution in [-0.4, -0.2) is 51.6 Å². The topological polar surface area (TPSA) is 50.8 Å². The van der Waals surface area contributed by atoms with E-state index in [2.05, 4.69) is 14.6 Å². The molecule has 0 aliphatic rings. The highest BCUT2D eigenvalue weighted by Crippen LogP contribution is 1.79. The van der Waals surface area contributed by atoms with Crippen LogP contribution in [0.5, 0.6) is 0 Å². The summed E-state index contributed by atoms with van der Waals surface area (Å²) < 4.78 is 4.65. The first-order valence-electron chi connectivity index (χ1n) is 3.71. The SMILES string of the molecule is CO/C=N\CCN(C)CCN. The fourth-order valence-corrected chi connectivity index (χ4v) is 0.688. The van der Waals surface area contributed by atoms with E-state index < -0.39 is 0 Å². The molecular formula is C7H17N3O. The molecule has 0 aromatic carbocycles. The van der Waals surface area contributed by atoms with E-state index in [-0.39, 0.29) is 0 Å². The lowest BCUT2D eigenvalue weighted by atomic mass is 10.5. The predicted octanol–water partition coefficient (Wildman–Crippen LogP) is -0.448. The molecule has 0 aliphatic heterocycles. The maximum atomic E-state index is 5.36. The molecule has 0 aliphatic carbocycles. The molecular weight excluding hydrogens is 142 g/mol. The van der Waals surface area contributed by atoms with Crippen molar-refractivity contribution in [2.45, 2.75) is 0 Å². The van der Waals surface area contributed by atoms with Crippen LogP contribution in [0.15, 0.2) is 4.99 Å². The number of nitrogens with two attached hydrogens (primary N) is 1. The van der Waals surface area contributed by atoms with Gasteiger partial charge in [-0.3, -0.25) is 4.99 Å². The van der Waals surface area contributed by atoms with E-state index in [1.165, 1.54) is 6.40 Å².